The topological polar surface area (TPSA) is 77.8 Å². The van der Waals surface area contributed by atoms with Gasteiger partial charge in [-0.1, -0.05) is 29.8 Å². The SMILES string of the molecule is O=C1CC(c2ccccc2Cl)NC(N2CCN(C(=O)c3ccco3)CC2)N1. The number of hydrogen-bond donors (Lipinski definition) is 2. The summed E-state index contributed by atoms with van der Waals surface area (Å²) < 4.78 is 5.19. The summed E-state index contributed by atoms with van der Waals surface area (Å²) in [5, 5.41) is 7.11. The molecule has 2 aliphatic rings. The molecule has 2 aliphatic heterocycles. The van der Waals surface area contributed by atoms with E-state index >= 15 is 0 Å². The van der Waals surface area contributed by atoms with E-state index in [0.717, 1.165) is 5.56 Å². The van der Waals surface area contributed by atoms with Crippen molar-refractivity contribution in [1.29, 1.82) is 0 Å². The molecule has 1 aromatic heterocycles. The third-order valence-electron chi connectivity index (χ3n) is 5.03. The Bertz CT molecular complexity index is 818. The highest BCUT2D eigenvalue weighted by Gasteiger charge is 2.34. The minimum Gasteiger partial charge on any atom is -0.459 e. The third kappa shape index (κ3) is 3.85. The Hall–Kier alpha value is -2.35. The second kappa shape index (κ2) is 7.72. The molecule has 0 saturated carbocycles. The minimum absolute atomic E-state index is 0.0160. The molecular formula is C19H21ClN4O3. The average Bonchev–Trinajstić information content (AvgIpc) is 3.22. The van der Waals surface area contributed by atoms with Crippen LogP contribution in [0.15, 0.2) is 47.1 Å². The van der Waals surface area contributed by atoms with Crippen LogP contribution in [0.2, 0.25) is 5.02 Å². The number of nitrogens with zero attached hydrogens (tertiary/aromatic N) is 2. The summed E-state index contributed by atoms with van der Waals surface area (Å²) in [5.41, 5.74) is 0.922. The molecule has 0 aliphatic carbocycles. The van der Waals surface area contributed by atoms with Gasteiger partial charge in [0.05, 0.1) is 6.26 Å². The summed E-state index contributed by atoms with van der Waals surface area (Å²) >= 11 is 6.30. The summed E-state index contributed by atoms with van der Waals surface area (Å²) in [4.78, 5) is 28.5. The van der Waals surface area contributed by atoms with E-state index in [4.69, 9.17) is 16.0 Å². The van der Waals surface area contributed by atoms with Gasteiger partial charge in [-0.3, -0.25) is 19.8 Å². The van der Waals surface area contributed by atoms with Gasteiger partial charge in [0, 0.05) is 43.7 Å². The van der Waals surface area contributed by atoms with Crippen LogP contribution >= 0.6 is 11.6 Å². The normalized spacial score (nSPS) is 23.9. The highest BCUT2D eigenvalue weighted by Crippen LogP contribution is 2.27. The first-order chi connectivity index (χ1) is 13.1. The molecule has 2 atom stereocenters. The van der Waals surface area contributed by atoms with Crippen molar-refractivity contribution in [2.45, 2.75) is 18.8 Å². The Morgan fingerprint density at radius 3 is 2.59 bits per heavy atom. The van der Waals surface area contributed by atoms with Crippen LogP contribution in [-0.2, 0) is 4.79 Å². The molecule has 2 saturated heterocycles. The number of rotatable bonds is 3. The number of furan rings is 1. The summed E-state index contributed by atoms with van der Waals surface area (Å²) in [6.45, 7) is 2.45. The molecule has 2 aromatic rings. The molecule has 4 rings (SSSR count). The van der Waals surface area contributed by atoms with Gasteiger partial charge in [-0.15, -0.1) is 0 Å². The molecule has 2 amide bonds. The van der Waals surface area contributed by atoms with Crippen LogP contribution in [0.25, 0.3) is 0 Å². The van der Waals surface area contributed by atoms with Gasteiger partial charge < -0.3 is 14.6 Å². The van der Waals surface area contributed by atoms with E-state index in [9.17, 15) is 9.59 Å². The van der Waals surface area contributed by atoms with Crippen LogP contribution in [0.1, 0.15) is 28.6 Å². The van der Waals surface area contributed by atoms with Gasteiger partial charge >= 0.3 is 0 Å². The molecule has 2 fully saturated rings. The average molecular weight is 389 g/mol. The largest absolute Gasteiger partial charge is 0.459 e. The van der Waals surface area contributed by atoms with Gasteiger partial charge in [0.25, 0.3) is 5.91 Å². The molecule has 2 unspecified atom stereocenters. The smallest absolute Gasteiger partial charge is 0.289 e. The first-order valence-corrected chi connectivity index (χ1v) is 9.36. The van der Waals surface area contributed by atoms with E-state index in [1.807, 2.05) is 24.3 Å². The molecule has 8 heteroatoms. The highest BCUT2D eigenvalue weighted by atomic mass is 35.5. The molecular weight excluding hydrogens is 368 g/mol. The number of halogens is 1. The maximum atomic E-state index is 12.4. The van der Waals surface area contributed by atoms with Gasteiger partial charge in [0.2, 0.25) is 5.91 Å². The molecule has 1 aromatic carbocycles. The van der Waals surface area contributed by atoms with Crippen molar-refractivity contribution in [1.82, 2.24) is 20.4 Å². The third-order valence-corrected chi connectivity index (χ3v) is 5.37. The molecule has 0 bridgehead atoms. The summed E-state index contributed by atoms with van der Waals surface area (Å²) in [5.74, 6) is 0.235. The minimum atomic E-state index is -0.284. The number of nitrogens with one attached hydrogen (secondary N) is 2. The van der Waals surface area contributed by atoms with Crippen LogP contribution < -0.4 is 10.6 Å². The zero-order valence-corrected chi connectivity index (χ0v) is 15.5. The van der Waals surface area contributed by atoms with Crippen LogP contribution in [0.5, 0.6) is 0 Å². The predicted molar refractivity (Wildman–Crippen MR) is 100 cm³/mol. The maximum Gasteiger partial charge on any atom is 0.289 e. The Morgan fingerprint density at radius 2 is 1.89 bits per heavy atom. The molecule has 7 nitrogen and oxygen atoms in total. The summed E-state index contributed by atoms with van der Waals surface area (Å²) in [6.07, 6.45) is 1.56. The van der Waals surface area contributed by atoms with E-state index in [-0.39, 0.29) is 24.1 Å². The second-order valence-electron chi connectivity index (χ2n) is 6.72. The zero-order valence-electron chi connectivity index (χ0n) is 14.7. The fraction of sp³-hybridized carbons (Fsp3) is 0.368. The fourth-order valence-electron chi connectivity index (χ4n) is 3.58. The number of benzene rings is 1. The number of carbonyl (C=O) groups is 2. The zero-order chi connectivity index (χ0) is 18.8. The summed E-state index contributed by atoms with van der Waals surface area (Å²) in [7, 11) is 0. The monoisotopic (exact) mass is 388 g/mol. The molecule has 2 N–H and O–H groups in total. The van der Waals surface area contributed by atoms with E-state index in [1.165, 1.54) is 6.26 Å². The van der Waals surface area contributed by atoms with Gasteiger partial charge in [0.1, 0.15) is 6.29 Å². The second-order valence-corrected chi connectivity index (χ2v) is 7.13. The van der Waals surface area contributed by atoms with Crippen LogP contribution in [0.4, 0.5) is 0 Å². The van der Waals surface area contributed by atoms with Crippen molar-refractivity contribution < 1.29 is 14.0 Å². The van der Waals surface area contributed by atoms with E-state index in [2.05, 4.69) is 15.5 Å². The number of piperazine rings is 1. The fourth-order valence-corrected chi connectivity index (χ4v) is 3.85. The quantitative estimate of drug-likeness (QED) is 0.838. The highest BCUT2D eigenvalue weighted by molar-refractivity contribution is 6.31. The molecule has 3 heterocycles. The molecule has 142 valence electrons. The predicted octanol–water partition coefficient (Wildman–Crippen LogP) is 1.83. The lowest BCUT2D eigenvalue weighted by Crippen LogP contribution is -2.65. The lowest BCUT2D eigenvalue weighted by molar-refractivity contribution is -0.127. The van der Waals surface area contributed by atoms with Crippen molar-refractivity contribution in [2.24, 2.45) is 0 Å². The number of amides is 2. The number of carbonyl (C=O) groups excluding carboxylic acids is 2. The van der Waals surface area contributed by atoms with Gasteiger partial charge in [-0.05, 0) is 23.8 Å². The Kier molecular flexibility index (Phi) is 5.15. The Balaban J connectivity index is 1.40. The molecule has 27 heavy (non-hydrogen) atoms. The van der Waals surface area contributed by atoms with E-state index in [1.54, 1.807) is 17.0 Å². The lowest BCUT2D eigenvalue weighted by Gasteiger charge is -2.43. The first-order valence-electron chi connectivity index (χ1n) is 8.98. The van der Waals surface area contributed by atoms with Gasteiger partial charge in [0.15, 0.2) is 5.76 Å². The lowest BCUT2D eigenvalue weighted by atomic mass is 10.0. The van der Waals surface area contributed by atoms with Crippen LogP contribution in [0, 0.1) is 0 Å². The Morgan fingerprint density at radius 1 is 1.11 bits per heavy atom. The van der Waals surface area contributed by atoms with Gasteiger partial charge in [-0.2, -0.15) is 0 Å². The standard InChI is InChI=1S/C19H21ClN4O3/c20-14-5-2-1-4-13(14)15-12-17(25)22-19(21-15)24-9-7-23(8-10-24)18(26)16-6-3-11-27-16/h1-6,11,15,19,21H,7-10,12H2,(H,22,25). The number of hydrogen-bond acceptors (Lipinski definition) is 5. The van der Waals surface area contributed by atoms with E-state index in [0.29, 0.717) is 43.4 Å². The van der Waals surface area contributed by atoms with E-state index < -0.39 is 0 Å². The van der Waals surface area contributed by atoms with Crippen molar-refractivity contribution in [2.75, 3.05) is 26.2 Å². The van der Waals surface area contributed by atoms with Crippen LogP contribution in [-0.4, -0.2) is 54.1 Å². The van der Waals surface area contributed by atoms with Crippen molar-refractivity contribution in [3.8, 4) is 0 Å². The van der Waals surface area contributed by atoms with Crippen molar-refractivity contribution >= 4 is 23.4 Å². The van der Waals surface area contributed by atoms with Gasteiger partial charge in [-0.25, -0.2) is 0 Å². The van der Waals surface area contributed by atoms with Crippen molar-refractivity contribution in [3.05, 3.63) is 59.0 Å². The first kappa shape index (κ1) is 18.0. The summed E-state index contributed by atoms with van der Waals surface area (Å²) in [6, 6.07) is 10.8. The maximum absolute atomic E-state index is 12.4. The Labute approximate surface area is 162 Å². The molecule has 0 spiro atoms. The van der Waals surface area contributed by atoms with Crippen molar-refractivity contribution in [3.63, 3.8) is 0 Å². The van der Waals surface area contributed by atoms with Crippen LogP contribution in [0.3, 0.4) is 0 Å². The molecule has 0 radical (unpaired) electrons.